The van der Waals surface area contributed by atoms with Gasteiger partial charge >= 0.3 is 6.09 Å². The molecule has 0 spiro atoms. The van der Waals surface area contributed by atoms with Gasteiger partial charge in [-0.1, -0.05) is 30.3 Å². The smallest absolute Gasteiger partial charge is 0.409 e. The SMILES string of the molecule is CCOC(=O)N1CCC(NCCC(=O)NC(C)c2ccccc2)CC1. The third kappa shape index (κ3) is 6.38. The molecule has 1 fully saturated rings. The van der Waals surface area contributed by atoms with Gasteiger partial charge in [-0.15, -0.1) is 0 Å². The average Bonchev–Trinajstić information content (AvgIpc) is 2.63. The maximum atomic E-state index is 12.1. The molecular formula is C19H29N3O3. The summed E-state index contributed by atoms with van der Waals surface area (Å²) in [7, 11) is 0. The lowest BCUT2D eigenvalue weighted by atomic mass is 10.1. The standard InChI is InChI=1S/C19H29N3O3/c1-3-25-19(24)22-13-10-17(11-14-22)20-12-9-18(23)21-15(2)16-7-5-4-6-8-16/h4-8,15,17,20H,3,9-14H2,1-2H3,(H,21,23). The Kier molecular flexibility index (Phi) is 7.73. The molecule has 138 valence electrons. The third-order valence-corrected chi connectivity index (χ3v) is 4.48. The molecule has 1 aliphatic heterocycles. The molecule has 1 aliphatic rings. The minimum absolute atomic E-state index is 0.0153. The van der Waals surface area contributed by atoms with E-state index >= 15 is 0 Å². The van der Waals surface area contributed by atoms with Crippen molar-refractivity contribution in [2.75, 3.05) is 26.2 Å². The van der Waals surface area contributed by atoms with E-state index in [-0.39, 0.29) is 18.0 Å². The summed E-state index contributed by atoms with van der Waals surface area (Å²) >= 11 is 0. The van der Waals surface area contributed by atoms with E-state index in [1.165, 1.54) is 0 Å². The molecule has 0 aromatic heterocycles. The van der Waals surface area contributed by atoms with E-state index in [0.717, 1.165) is 18.4 Å². The van der Waals surface area contributed by atoms with E-state index in [0.29, 0.717) is 38.7 Å². The van der Waals surface area contributed by atoms with E-state index in [9.17, 15) is 9.59 Å². The first-order valence-electron chi connectivity index (χ1n) is 9.09. The van der Waals surface area contributed by atoms with E-state index < -0.39 is 0 Å². The van der Waals surface area contributed by atoms with Crippen LogP contribution in [0, 0.1) is 0 Å². The van der Waals surface area contributed by atoms with Gasteiger partial charge in [-0.05, 0) is 32.3 Å². The van der Waals surface area contributed by atoms with Gasteiger partial charge in [0.25, 0.3) is 0 Å². The summed E-state index contributed by atoms with van der Waals surface area (Å²) in [6.45, 7) is 6.27. The van der Waals surface area contributed by atoms with Crippen LogP contribution < -0.4 is 10.6 Å². The predicted molar refractivity (Wildman–Crippen MR) is 97.2 cm³/mol. The monoisotopic (exact) mass is 347 g/mol. The van der Waals surface area contributed by atoms with Crippen LogP contribution in [0.1, 0.15) is 44.7 Å². The van der Waals surface area contributed by atoms with Crippen molar-refractivity contribution in [1.29, 1.82) is 0 Å². The number of piperidine rings is 1. The molecule has 0 saturated carbocycles. The molecule has 2 rings (SSSR count). The minimum Gasteiger partial charge on any atom is -0.450 e. The van der Waals surface area contributed by atoms with Crippen LogP contribution in [0.2, 0.25) is 0 Å². The van der Waals surface area contributed by atoms with Gasteiger partial charge in [0.1, 0.15) is 0 Å². The first-order chi connectivity index (χ1) is 12.1. The zero-order valence-corrected chi connectivity index (χ0v) is 15.2. The number of hydrogen-bond acceptors (Lipinski definition) is 4. The summed E-state index contributed by atoms with van der Waals surface area (Å²) in [6.07, 6.45) is 2.01. The lowest BCUT2D eigenvalue weighted by molar-refractivity contribution is -0.121. The van der Waals surface area contributed by atoms with E-state index in [1.54, 1.807) is 4.90 Å². The van der Waals surface area contributed by atoms with Crippen LogP contribution in [0.3, 0.4) is 0 Å². The second-order valence-corrected chi connectivity index (χ2v) is 6.36. The first kappa shape index (κ1) is 19.2. The highest BCUT2D eigenvalue weighted by molar-refractivity contribution is 5.76. The van der Waals surface area contributed by atoms with Crippen molar-refractivity contribution in [3.05, 3.63) is 35.9 Å². The molecule has 6 nitrogen and oxygen atoms in total. The molecule has 1 aromatic carbocycles. The van der Waals surface area contributed by atoms with Crippen LogP contribution in [0.5, 0.6) is 0 Å². The topological polar surface area (TPSA) is 70.7 Å². The third-order valence-electron chi connectivity index (χ3n) is 4.48. The van der Waals surface area contributed by atoms with Crippen molar-refractivity contribution in [2.24, 2.45) is 0 Å². The highest BCUT2D eigenvalue weighted by Crippen LogP contribution is 2.12. The van der Waals surface area contributed by atoms with Gasteiger partial charge in [0, 0.05) is 32.1 Å². The fraction of sp³-hybridized carbons (Fsp3) is 0.579. The summed E-state index contributed by atoms with van der Waals surface area (Å²) in [5, 5.41) is 6.44. The fourth-order valence-electron chi connectivity index (χ4n) is 3.01. The van der Waals surface area contributed by atoms with Crippen molar-refractivity contribution in [1.82, 2.24) is 15.5 Å². The Morgan fingerprint density at radius 2 is 1.92 bits per heavy atom. The summed E-state index contributed by atoms with van der Waals surface area (Å²) < 4.78 is 5.02. The Bertz CT molecular complexity index is 542. The zero-order valence-electron chi connectivity index (χ0n) is 15.2. The van der Waals surface area contributed by atoms with Crippen molar-refractivity contribution < 1.29 is 14.3 Å². The van der Waals surface area contributed by atoms with Gasteiger partial charge in [-0.25, -0.2) is 4.79 Å². The number of nitrogens with zero attached hydrogens (tertiary/aromatic N) is 1. The maximum absolute atomic E-state index is 12.1. The number of rotatable bonds is 7. The second-order valence-electron chi connectivity index (χ2n) is 6.36. The Labute approximate surface area is 149 Å². The number of carbonyl (C=O) groups excluding carboxylic acids is 2. The largest absolute Gasteiger partial charge is 0.450 e. The average molecular weight is 347 g/mol. The molecule has 0 radical (unpaired) electrons. The van der Waals surface area contributed by atoms with Crippen molar-refractivity contribution in [2.45, 2.75) is 45.2 Å². The molecule has 1 atom stereocenters. The van der Waals surface area contributed by atoms with Crippen molar-refractivity contribution in [3.63, 3.8) is 0 Å². The zero-order chi connectivity index (χ0) is 18.1. The number of benzene rings is 1. The van der Waals surface area contributed by atoms with Crippen LogP contribution in [-0.2, 0) is 9.53 Å². The highest BCUT2D eigenvalue weighted by atomic mass is 16.6. The molecule has 0 aliphatic carbocycles. The molecule has 6 heteroatoms. The van der Waals surface area contributed by atoms with Gasteiger partial charge < -0.3 is 20.3 Å². The van der Waals surface area contributed by atoms with Crippen LogP contribution >= 0.6 is 0 Å². The Morgan fingerprint density at radius 3 is 2.56 bits per heavy atom. The van der Waals surface area contributed by atoms with Crippen LogP contribution in [0.15, 0.2) is 30.3 Å². The summed E-state index contributed by atoms with van der Waals surface area (Å²) in [5.74, 6) is 0.0489. The van der Waals surface area contributed by atoms with E-state index in [1.807, 2.05) is 44.2 Å². The number of nitrogens with one attached hydrogen (secondary N) is 2. The van der Waals surface area contributed by atoms with Gasteiger partial charge in [-0.3, -0.25) is 4.79 Å². The van der Waals surface area contributed by atoms with Crippen LogP contribution in [0.25, 0.3) is 0 Å². The number of carbonyl (C=O) groups is 2. The molecule has 2 amide bonds. The molecule has 25 heavy (non-hydrogen) atoms. The summed E-state index contributed by atoms with van der Waals surface area (Å²) in [5.41, 5.74) is 1.11. The van der Waals surface area contributed by atoms with Crippen LogP contribution in [-0.4, -0.2) is 49.2 Å². The van der Waals surface area contributed by atoms with Gasteiger partial charge in [0.15, 0.2) is 0 Å². The van der Waals surface area contributed by atoms with E-state index in [2.05, 4.69) is 10.6 Å². The normalized spacial score (nSPS) is 16.3. The maximum Gasteiger partial charge on any atom is 0.409 e. The van der Waals surface area contributed by atoms with Gasteiger partial charge in [-0.2, -0.15) is 0 Å². The summed E-state index contributed by atoms with van der Waals surface area (Å²) in [6, 6.07) is 10.3. The van der Waals surface area contributed by atoms with E-state index in [4.69, 9.17) is 4.74 Å². The number of amides is 2. The molecule has 2 N–H and O–H groups in total. The molecule has 1 aromatic rings. The molecule has 1 heterocycles. The Morgan fingerprint density at radius 1 is 1.24 bits per heavy atom. The quantitative estimate of drug-likeness (QED) is 0.795. The van der Waals surface area contributed by atoms with Crippen LogP contribution in [0.4, 0.5) is 4.79 Å². The van der Waals surface area contributed by atoms with Crippen molar-refractivity contribution in [3.8, 4) is 0 Å². The molecule has 1 unspecified atom stereocenters. The molecule has 1 saturated heterocycles. The number of ether oxygens (including phenoxy) is 1. The predicted octanol–water partition coefficient (Wildman–Crippen LogP) is 2.46. The second kappa shape index (κ2) is 10.0. The number of likely N-dealkylation sites (tertiary alicyclic amines) is 1. The Balaban J connectivity index is 1.61. The number of hydrogen-bond donors (Lipinski definition) is 2. The molecule has 0 bridgehead atoms. The van der Waals surface area contributed by atoms with Crippen molar-refractivity contribution >= 4 is 12.0 Å². The molecular weight excluding hydrogens is 318 g/mol. The highest BCUT2D eigenvalue weighted by Gasteiger charge is 2.23. The lowest BCUT2D eigenvalue weighted by Crippen LogP contribution is -2.45. The Hall–Kier alpha value is -2.08. The lowest BCUT2D eigenvalue weighted by Gasteiger charge is -2.31. The van der Waals surface area contributed by atoms with Gasteiger partial charge in [0.05, 0.1) is 12.6 Å². The minimum atomic E-state index is -0.227. The van der Waals surface area contributed by atoms with Gasteiger partial charge in [0.2, 0.25) is 5.91 Å². The summed E-state index contributed by atoms with van der Waals surface area (Å²) in [4.78, 5) is 25.5. The fourth-order valence-corrected chi connectivity index (χ4v) is 3.01. The first-order valence-corrected chi connectivity index (χ1v) is 9.09.